The summed E-state index contributed by atoms with van der Waals surface area (Å²) in [7, 11) is 0. The molecule has 0 aliphatic rings. The number of hydrogen-bond acceptors (Lipinski definition) is 5. The molecule has 0 bridgehead atoms. The minimum absolute atomic E-state index is 0.197. The minimum Gasteiger partial charge on any atom is -0.481 e. The second-order valence-electron chi connectivity index (χ2n) is 7.08. The smallest absolute Gasteiger partial charge is 0.408 e. The van der Waals surface area contributed by atoms with Gasteiger partial charge in [0.2, 0.25) is 0 Å². The lowest BCUT2D eigenvalue weighted by molar-refractivity contribution is 0.0535. The molecule has 0 spiro atoms. The Kier molecular flexibility index (Phi) is 6.25. The number of hydrogen-bond donors (Lipinski definition) is 1. The first kappa shape index (κ1) is 20.5. The third kappa shape index (κ3) is 5.62. The van der Waals surface area contributed by atoms with Crippen molar-refractivity contribution < 1.29 is 14.3 Å². The van der Waals surface area contributed by atoms with E-state index in [2.05, 4.69) is 27.1 Å². The molecule has 0 atom stereocenters. The van der Waals surface area contributed by atoms with Crippen molar-refractivity contribution >= 4 is 23.3 Å². The van der Waals surface area contributed by atoms with Crippen molar-refractivity contribution in [3.63, 3.8) is 0 Å². The van der Waals surface area contributed by atoms with Crippen molar-refractivity contribution in [2.45, 2.75) is 26.4 Å². The summed E-state index contributed by atoms with van der Waals surface area (Å²) >= 11 is 6.06. The van der Waals surface area contributed by atoms with E-state index >= 15 is 0 Å². The van der Waals surface area contributed by atoms with E-state index in [-0.39, 0.29) is 13.2 Å². The highest BCUT2D eigenvalue weighted by molar-refractivity contribution is 6.32. The standard InChI is InChI=1S/C21H21ClN4O3/c1-21(2,3)29-20(27)24-10-4-5-13-28-16-8-6-15(7-9-16)17-14-25-19-18(22)23-11-12-26(17)19/h6-9,11-12,14H,10,13H2,1-3H3,(H,24,27). The van der Waals surface area contributed by atoms with E-state index in [1.807, 2.05) is 34.9 Å². The molecule has 3 aromatic rings. The van der Waals surface area contributed by atoms with Gasteiger partial charge in [0.1, 0.15) is 18.0 Å². The van der Waals surface area contributed by atoms with E-state index in [1.165, 1.54) is 0 Å². The number of benzene rings is 1. The van der Waals surface area contributed by atoms with Gasteiger partial charge in [-0.3, -0.25) is 4.40 Å². The molecule has 3 rings (SSSR count). The first-order valence-electron chi connectivity index (χ1n) is 8.97. The molecule has 7 nitrogen and oxygen atoms in total. The molecule has 2 heterocycles. The number of rotatable bonds is 4. The van der Waals surface area contributed by atoms with Crippen molar-refractivity contribution in [3.8, 4) is 28.8 Å². The van der Waals surface area contributed by atoms with Crippen LogP contribution in [0.2, 0.25) is 5.15 Å². The van der Waals surface area contributed by atoms with Gasteiger partial charge in [0.15, 0.2) is 10.8 Å². The summed E-state index contributed by atoms with van der Waals surface area (Å²) in [5, 5.41) is 2.93. The summed E-state index contributed by atoms with van der Waals surface area (Å²) in [6, 6.07) is 7.59. The number of halogens is 1. The van der Waals surface area contributed by atoms with Gasteiger partial charge in [-0.05, 0) is 45.0 Å². The zero-order valence-corrected chi connectivity index (χ0v) is 17.2. The van der Waals surface area contributed by atoms with E-state index in [4.69, 9.17) is 21.1 Å². The number of aromatic nitrogens is 3. The third-order valence-corrected chi connectivity index (χ3v) is 3.96. The van der Waals surface area contributed by atoms with Crippen LogP contribution in [0.4, 0.5) is 4.79 Å². The monoisotopic (exact) mass is 412 g/mol. The van der Waals surface area contributed by atoms with E-state index in [9.17, 15) is 4.79 Å². The molecule has 1 amide bonds. The predicted molar refractivity (Wildman–Crippen MR) is 111 cm³/mol. The van der Waals surface area contributed by atoms with Crippen LogP contribution in [0.25, 0.3) is 16.9 Å². The van der Waals surface area contributed by atoms with Crippen LogP contribution < -0.4 is 10.1 Å². The Hall–Kier alpha value is -3.24. The Morgan fingerprint density at radius 2 is 1.97 bits per heavy atom. The average molecular weight is 413 g/mol. The zero-order valence-electron chi connectivity index (χ0n) is 16.4. The zero-order chi connectivity index (χ0) is 20.9. The first-order valence-corrected chi connectivity index (χ1v) is 9.35. The summed E-state index contributed by atoms with van der Waals surface area (Å²) < 4.78 is 12.6. The van der Waals surface area contributed by atoms with Crippen LogP contribution in [0.3, 0.4) is 0 Å². The summed E-state index contributed by atoms with van der Waals surface area (Å²) in [5.41, 5.74) is 1.96. The lowest BCUT2D eigenvalue weighted by atomic mass is 10.1. The summed E-state index contributed by atoms with van der Waals surface area (Å²) in [5.74, 6) is 6.35. The van der Waals surface area contributed by atoms with Crippen LogP contribution in [0.15, 0.2) is 42.9 Å². The van der Waals surface area contributed by atoms with Crippen molar-refractivity contribution in [3.05, 3.63) is 48.0 Å². The number of carbonyl (C=O) groups excluding carboxylic acids is 1. The van der Waals surface area contributed by atoms with Gasteiger partial charge in [-0.15, -0.1) is 0 Å². The molecule has 0 aliphatic carbocycles. The molecule has 2 aromatic heterocycles. The second kappa shape index (κ2) is 8.84. The maximum atomic E-state index is 11.5. The predicted octanol–water partition coefficient (Wildman–Crippen LogP) is 3.96. The molecule has 150 valence electrons. The summed E-state index contributed by atoms with van der Waals surface area (Å²) in [6.07, 6.45) is 4.71. The molecule has 0 fully saturated rings. The maximum Gasteiger partial charge on any atom is 0.408 e. The van der Waals surface area contributed by atoms with E-state index in [0.29, 0.717) is 16.5 Å². The van der Waals surface area contributed by atoms with Gasteiger partial charge in [0.25, 0.3) is 0 Å². The van der Waals surface area contributed by atoms with Crippen molar-refractivity contribution in [1.82, 2.24) is 19.7 Å². The fourth-order valence-electron chi connectivity index (χ4n) is 2.49. The molecule has 0 unspecified atom stereocenters. The Morgan fingerprint density at radius 1 is 1.21 bits per heavy atom. The third-order valence-electron chi connectivity index (χ3n) is 3.69. The van der Waals surface area contributed by atoms with Crippen LogP contribution in [0.5, 0.6) is 5.75 Å². The number of nitrogens with one attached hydrogen (secondary N) is 1. The first-order chi connectivity index (χ1) is 13.8. The molecule has 1 aromatic carbocycles. The lowest BCUT2D eigenvalue weighted by Crippen LogP contribution is -2.32. The van der Waals surface area contributed by atoms with Gasteiger partial charge in [-0.25, -0.2) is 14.8 Å². The Labute approximate surface area is 174 Å². The van der Waals surface area contributed by atoms with Gasteiger partial charge in [0, 0.05) is 18.0 Å². The van der Waals surface area contributed by atoms with E-state index in [0.717, 1.165) is 11.3 Å². The molecule has 29 heavy (non-hydrogen) atoms. The highest BCUT2D eigenvalue weighted by Gasteiger charge is 2.15. The highest BCUT2D eigenvalue weighted by atomic mass is 35.5. The average Bonchev–Trinajstić information content (AvgIpc) is 3.09. The normalized spacial score (nSPS) is 10.9. The lowest BCUT2D eigenvalue weighted by Gasteiger charge is -2.18. The van der Waals surface area contributed by atoms with Crippen molar-refractivity contribution in [2.75, 3.05) is 13.2 Å². The number of nitrogens with zero attached hydrogens (tertiary/aromatic N) is 3. The molecule has 0 aliphatic heterocycles. The Balaban J connectivity index is 1.52. The number of alkyl carbamates (subject to hydrolysis) is 1. The Morgan fingerprint density at radius 3 is 2.69 bits per heavy atom. The molecular formula is C21H21ClN4O3. The van der Waals surface area contributed by atoms with E-state index in [1.54, 1.807) is 33.2 Å². The topological polar surface area (TPSA) is 77.8 Å². The van der Waals surface area contributed by atoms with Crippen LogP contribution >= 0.6 is 11.6 Å². The number of amides is 1. The largest absolute Gasteiger partial charge is 0.481 e. The molecule has 8 heteroatoms. The van der Waals surface area contributed by atoms with Crippen molar-refractivity contribution in [2.24, 2.45) is 0 Å². The minimum atomic E-state index is -0.529. The van der Waals surface area contributed by atoms with Crippen LogP contribution in [0.1, 0.15) is 20.8 Å². The SMILES string of the molecule is CC(C)(C)OC(=O)NCC#CCOc1ccc(-c2cnc3c(Cl)nccn23)cc1. The van der Waals surface area contributed by atoms with Crippen molar-refractivity contribution in [1.29, 1.82) is 0 Å². The summed E-state index contributed by atoms with van der Waals surface area (Å²) in [6.45, 7) is 5.83. The number of carbonyl (C=O) groups is 1. The van der Waals surface area contributed by atoms with Gasteiger partial charge in [-0.1, -0.05) is 23.4 Å². The maximum absolute atomic E-state index is 11.5. The quantitative estimate of drug-likeness (QED) is 0.656. The fourth-order valence-corrected chi connectivity index (χ4v) is 2.68. The van der Waals surface area contributed by atoms with E-state index < -0.39 is 11.7 Å². The number of ether oxygens (including phenoxy) is 2. The second-order valence-corrected chi connectivity index (χ2v) is 7.44. The van der Waals surface area contributed by atoms with Crippen LogP contribution in [-0.2, 0) is 4.74 Å². The summed E-state index contributed by atoms with van der Waals surface area (Å²) in [4.78, 5) is 19.8. The highest BCUT2D eigenvalue weighted by Crippen LogP contribution is 2.25. The fraction of sp³-hybridized carbons (Fsp3) is 0.286. The van der Waals surface area contributed by atoms with Gasteiger partial charge in [0.05, 0.1) is 18.4 Å². The van der Waals surface area contributed by atoms with Gasteiger partial charge < -0.3 is 14.8 Å². The molecule has 0 radical (unpaired) electrons. The number of imidazole rings is 1. The number of fused-ring (bicyclic) bond motifs is 1. The molecule has 0 saturated carbocycles. The van der Waals surface area contributed by atoms with Crippen LogP contribution in [0, 0.1) is 11.8 Å². The molecular weight excluding hydrogens is 392 g/mol. The van der Waals surface area contributed by atoms with Gasteiger partial charge in [-0.2, -0.15) is 0 Å². The van der Waals surface area contributed by atoms with Gasteiger partial charge >= 0.3 is 6.09 Å². The van der Waals surface area contributed by atoms with Crippen LogP contribution in [-0.4, -0.2) is 39.2 Å². The molecule has 1 N–H and O–H groups in total. The molecule has 0 saturated heterocycles. The Bertz CT molecular complexity index is 1060.